The largest absolute Gasteiger partial charge is 0.343 e. The van der Waals surface area contributed by atoms with E-state index in [1.54, 1.807) is 11.8 Å². The van der Waals surface area contributed by atoms with Gasteiger partial charge in [-0.3, -0.25) is 9.59 Å². The van der Waals surface area contributed by atoms with Crippen molar-refractivity contribution >= 4 is 11.8 Å². The number of amides is 2. The number of hydrogen-bond donors (Lipinski definition) is 1. The van der Waals surface area contributed by atoms with Crippen LogP contribution in [-0.4, -0.2) is 34.8 Å². The zero-order chi connectivity index (χ0) is 14.5. The van der Waals surface area contributed by atoms with Crippen LogP contribution >= 0.6 is 0 Å². The molecule has 0 aromatic rings. The molecule has 1 rings (SSSR count). The zero-order valence-electron chi connectivity index (χ0n) is 12.8. The average Bonchev–Trinajstić information content (AvgIpc) is 2.35. The molecule has 1 unspecified atom stereocenters. The Bertz CT molecular complexity index is 326. The lowest BCUT2D eigenvalue weighted by Gasteiger charge is -2.43. The molecule has 1 fully saturated rings. The van der Waals surface area contributed by atoms with Gasteiger partial charge in [0.2, 0.25) is 11.8 Å². The van der Waals surface area contributed by atoms with Crippen molar-refractivity contribution in [2.45, 2.75) is 77.8 Å². The fourth-order valence-corrected chi connectivity index (χ4v) is 2.51. The minimum atomic E-state index is -0.715. The molecular formula is C15H28N2O2. The van der Waals surface area contributed by atoms with E-state index in [-0.39, 0.29) is 17.9 Å². The molecule has 0 saturated carbocycles. The number of carbonyl (C=O) groups is 2. The molecule has 1 aliphatic rings. The Morgan fingerprint density at radius 1 is 1.11 bits per heavy atom. The number of carbonyl (C=O) groups excluding carboxylic acids is 2. The van der Waals surface area contributed by atoms with Crippen molar-refractivity contribution in [3.05, 3.63) is 0 Å². The fourth-order valence-electron chi connectivity index (χ4n) is 2.51. The monoisotopic (exact) mass is 268 g/mol. The Morgan fingerprint density at radius 2 is 1.68 bits per heavy atom. The van der Waals surface area contributed by atoms with E-state index in [4.69, 9.17) is 0 Å². The topological polar surface area (TPSA) is 49.4 Å². The summed E-state index contributed by atoms with van der Waals surface area (Å²) in [6, 6.07) is -0.388. The van der Waals surface area contributed by atoms with Gasteiger partial charge in [-0.25, -0.2) is 0 Å². The third kappa shape index (κ3) is 3.95. The molecule has 0 spiro atoms. The van der Waals surface area contributed by atoms with Gasteiger partial charge in [0.15, 0.2) is 0 Å². The smallest absolute Gasteiger partial charge is 0.246 e. The summed E-state index contributed by atoms with van der Waals surface area (Å²) in [5, 5.41) is 2.74. The molecule has 1 aliphatic heterocycles. The summed E-state index contributed by atoms with van der Waals surface area (Å²) >= 11 is 0. The molecule has 0 aromatic carbocycles. The lowest BCUT2D eigenvalue weighted by Crippen LogP contribution is -2.67. The van der Waals surface area contributed by atoms with Crippen molar-refractivity contribution in [1.82, 2.24) is 10.2 Å². The van der Waals surface area contributed by atoms with Crippen molar-refractivity contribution in [1.29, 1.82) is 0 Å². The van der Waals surface area contributed by atoms with E-state index in [2.05, 4.69) is 12.2 Å². The van der Waals surface area contributed by atoms with E-state index in [0.29, 0.717) is 6.54 Å². The highest BCUT2D eigenvalue weighted by molar-refractivity contribution is 5.99. The van der Waals surface area contributed by atoms with E-state index in [9.17, 15) is 9.59 Å². The van der Waals surface area contributed by atoms with Gasteiger partial charge in [-0.05, 0) is 27.2 Å². The van der Waals surface area contributed by atoms with E-state index < -0.39 is 5.54 Å². The lowest BCUT2D eigenvalue weighted by molar-refractivity contribution is -0.154. The van der Waals surface area contributed by atoms with Crippen molar-refractivity contribution < 1.29 is 9.59 Å². The summed E-state index contributed by atoms with van der Waals surface area (Å²) in [7, 11) is 0. The molecule has 4 nitrogen and oxygen atoms in total. The van der Waals surface area contributed by atoms with Gasteiger partial charge in [-0.2, -0.15) is 0 Å². The lowest BCUT2D eigenvalue weighted by atomic mass is 9.95. The minimum absolute atomic E-state index is 0.0400. The van der Waals surface area contributed by atoms with Crippen LogP contribution < -0.4 is 5.32 Å². The highest BCUT2D eigenvalue weighted by Gasteiger charge is 2.44. The van der Waals surface area contributed by atoms with Gasteiger partial charge in [-0.15, -0.1) is 0 Å². The highest BCUT2D eigenvalue weighted by Crippen LogP contribution is 2.21. The molecule has 110 valence electrons. The summed E-state index contributed by atoms with van der Waals surface area (Å²) in [6.45, 7) is 8.29. The highest BCUT2D eigenvalue weighted by atomic mass is 16.2. The van der Waals surface area contributed by atoms with Crippen LogP contribution in [0.3, 0.4) is 0 Å². The maximum Gasteiger partial charge on any atom is 0.246 e. The van der Waals surface area contributed by atoms with Gasteiger partial charge < -0.3 is 10.2 Å². The average molecular weight is 268 g/mol. The molecule has 0 bridgehead atoms. The quantitative estimate of drug-likeness (QED) is 0.721. The second-order valence-corrected chi connectivity index (χ2v) is 6.01. The van der Waals surface area contributed by atoms with Crippen molar-refractivity contribution in [3.8, 4) is 0 Å². The number of nitrogens with one attached hydrogen (secondary N) is 1. The Morgan fingerprint density at radius 3 is 2.32 bits per heavy atom. The normalized spacial score (nSPS) is 22.5. The Labute approximate surface area is 116 Å². The molecule has 0 aromatic heterocycles. The number of unbranched alkanes of at least 4 members (excludes halogenated alkanes) is 5. The summed E-state index contributed by atoms with van der Waals surface area (Å²) in [6.07, 6.45) is 7.14. The van der Waals surface area contributed by atoms with Crippen LogP contribution in [0.1, 0.15) is 66.2 Å². The van der Waals surface area contributed by atoms with Crippen LogP contribution in [0, 0.1) is 0 Å². The maximum absolute atomic E-state index is 12.2. The predicted molar refractivity (Wildman–Crippen MR) is 76.8 cm³/mol. The van der Waals surface area contributed by atoms with Gasteiger partial charge >= 0.3 is 0 Å². The molecule has 2 amide bonds. The predicted octanol–water partition coefficient (Wildman–Crippen LogP) is 2.47. The summed E-state index contributed by atoms with van der Waals surface area (Å²) < 4.78 is 0. The van der Waals surface area contributed by atoms with Crippen LogP contribution in [0.5, 0.6) is 0 Å². The number of rotatable bonds is 7. The SMILES string of the molecule is CCCCCCCCN1C(=O)C(C)NC(=O)C1(C)C. The van der Waals surface area contributed by atoms with Crippen LogP contribution in [-0.2, 0) is 9.59 Å². The molecule has 19 heavy (non-hydrogen) atoms. The van der Waals surface area contributed by atoms with Gasteiger partial charge in [0.1, 0.15) is 11.6 Å². The summed E-state index contributed by atoms with van der Waals surface area (Å²) in [5.41, 5.74) is -0.715. The molecule has 0 radical (unpaired) electrons. The molecule has 1 N–H and O–H groups in total. The van der Waals surface area contributed by atoms with Crippen LogP contribution in [0.2, 0.25) is 0 Å². The number of piperazine rings is 1. The second-order valence-electron chi connectivity index (χ2n) is 6.01. The zero-order valence-corrected chi connectivity index (χ0v) is 12.8. The molecule has 1 atom stereocenters. The van der Waals surface area contributed by atoms with Crippen molar-refractivity contribution in [2.75, 3.05) is 6.54 Å². The first kappa shape index (κ1) is 16.0. The van der Waals surface area contributed by atoms with Crippen molar-refractivity contribution in [2.24, 2.45) is 0 Å². The number of hydrogen-bond acceptors (Lipinski definition) is 2. The van der Waals surface area contributed by atoms with Crippen molar-refractivity contribution in [3.63, 3.8) is 0 Å². The molecular weight excluding hydrogens is 240 g/mol. The van der Waals surface area contributed by atoms with E-state index in [1.165, 1.54) is 25.7 Å². The molecule has 1 heterocycles. The van der Waals surface area contributed by atoms with Gasteiger partial charge in [0.25, 0.3) is 0 Å². The third-order valence-corrected chi connectivity index (χ3v) is 3.95. The van der Waals surface area contributed by atoms with Crippen LogP contribution in [0.15, 0.2) is 0 Å². The first-order valence-corrected chi connectivity index (χ1v) is 7.53. The Balaban J connectivity index is 2.44. The van der Waals surface area contributed by atoms with E-state index in [0.717, 1.165) is 12.8 Å². The Hall–Kier alpha value is -1.06. The molecule has 4 heteroatoms. The van der Waals surface area contributed by atoms with Crippen LogP contribution in [0.4, 0.5) is 0 Å². The first-order chi connectivity index (χ1) is 8.91. The van der Waals surface area contributed by atoms with E-state index >= 15 is 0 Å². The summed E-state index contributed by atoms with van der Waals surface area (Å²) in [4.78, 5) is 25.9. The molecule has 0 aliphatic carbocycles. The second kappa shape index (κ2) is 6.92. The van der Waals surface area contributed by atoms with Gasteiger partial charge in [0.05, 0.1) is 0 Å². The first-order valence-electron chi connectivity index (χ1n) is 7.53. The van der Waals surface area contributed by atoms with Gasteiger partial charge in [0, 0.05) is 6.54 Å². The Kier molecular flexibility index (Phi) is 5.83. The fraction of sp³-hybridized carbons (Fsp3) is 0.867. The third-order valence-electron chi connectivity index (χ3n) is 3.95. The molecule has 1 saturated heterocycles. The summed E-state index contributed by atoms with van der Waals surface area (Å²) in [5.74, 6) is -0.0104. The number of nitrogens with zero attached hydrogens (tertiary/aromatic N) is 1. The van der Waals surface area contributed by atoms with E-state index in [1.807, 2.05) is 13.8 Å². The maximum atomic E-state index is 12.2. The van der Waals surface area contributed by atoms with Crippen LogP contribution in [0.25, 0.3) is 0 Å². The minimum Gasteiger partial charge on any atom is -0.343 e. The van der Waals surface area contributed by atoms with Gasteiger partial charge in [-0.1, -0.05) is 39.0 Å². The standard InChI is InChI=1S/C15H28N2O2/c1-5-6-7-8-9-10-11-17-13(18)12(2)16-14(19)15(17,3)4/h12H,5-11H2,1-4H3,(H,16,19).